The zero-order chi connectivity index (χ0) is 19.9. The van der Waals surface area contributed by atoms with Crippen molar-refractivity contribution >= 4 is 11.8 Å². The molecule has 1 N–H and O–H groups in total. The van der Waals surface area contributed by atoms with E-state index in [0.717, 1.165) is 5.75 Å². The van der Waals surface area contributed by atoms with E-state index in [9.17, 15) is 9.59 Å². The van der Waals surface area contributed by atoms with Crippen molar-refractivity contribution in [2.24, 2.45) is 5.92 Å². The van der Waals surface area contributed by atoms with Gasteiger partial charge < -0.3 is 19.4 Å². The number of nitrogens with zero attached hydrogens (tertiary/aromatic N) is 1. The van der Waals surface area contributed by atoms with Gasteiger partial charge in [0.25, 0.3) is 5.91 Å². The van der Waals surface area contributed by atoms with Gasteiger partial charge in [-0.3, -0.25) is 9.59 Å². The molecule has 1 aromatic carbocycles. The van der Waals surface area contributed by atoms with E-state index in [0.29, 0.717) is 50.8 Å². The lowest BCUT2D eigenvalue weighted by Gasteiger charge is -2.30. The predicted octanol–water partition coefficient (Wildman–Crippen LogP) is 3.45. The SMILES string of the molecule is CC(C)c1ccc(OCCNC(=O)C2CCN(C(=O)c3ccco3)CC2)cc1. The minimum atomic E-state index is -0.110. The van der Waals surface area contributed by atoms with Gasteiger partial charge in [-0.15, -0.1) is 0 Å². The highest BCUT2D eigenvalue weighted by Crippen LogP contribution is 2.20. The maximum atomic E-state index is 12.3. The largest absolute Gasteiger partial charge is 0.492 e. The normalized spacial score (nSPS) is 14.9. The Balaban J connectivity index is 1.35. The van der Waals surface area contributed by atoms with Gasteiger partial charge in [-0.05, 0) is 48.6 Å². The first-order chi connectivity index (χ1) is 13.5. The molecule has 0 radical (unpaired) electrons. The van der Waals surface area contributed by atoms with E-state index in [2.05, 4.69) is 31.3 Å². The number of hydrogen-bond donors (Lipinski definition) is 1. The lowest BCUT2D eigenvalue weighted by molar-refractivity contribution is -0.126. The van der Waals surface area contributed by atoms with Gasteiger partial charge in [-0.25, -0.2) is 0 Å². The standard InChI is InChI=1S/C22H28N2O4/c1-16(2)17-5-7-19(8-6-17)27-15-11-23-21(25)18-9-12-24(13-10-18)22(26)20-4-3-14-28-20/h3-8,14,16,18H,9-13,15H2,1-2H3,(H,23,25). The maximum absolute atomic E-state index is 12.3. The number of benzene rings is 1. The first-order valence-corrected chi connectivity index (χ1v) is 9.88. The van der Waals surface area contributed by atoms with E-state index in [1.165, 1.54) is 11.8 Å². The zero-order valence-corrected chi connectivity index (χ0v) is 16.5. The van der Waals surface area contributed by atoms with Gasteiger partial charge in [0.05, 0.1) is 12.8 Å². The highest BCUT2D eigenvalue weighted by Gasteiger charge is 2.28. The number of carbonyl (C=O) groups excluding carboxylic acids is 2. The first-order valence-electron chi connectivity index (χ1n) is 9.88. The molecule has 2 aromatic rings. The summed E-state index contributed by atoms with van der Waals surface area (Å²) in [5, 5.41) is 2.94. The minimum absolute atomic E-state index is 0.0313. The molecule has 1 fully saturated rings. The van der Waals surface area contributed by atoms with E-state index in [1.54, 1.807) is 17.0 Å². The van der Waals surface area contributed by atoms with Crippen LogP contribution in [0.3, 0.4) is 0 Å². The molecule has 1 saturated heterocycles. The fourth-order valence-electron chi connectivity index (χ4n) is 3.34. The van der Waals surface area contributed by atoms with Gasteiger partial charge in [0, 0.05) is 19.0 Å². The molecule has 150 valence electrons. The van der Waals surface area contributed by atoms with E-state index in [1.807, 2.05) is 12.1 Å². The van der Waals surface area contributed by atoms with Crippen LogP contribution >= 0.6 is 0 Å². The van der Waals surface area contributed by atoms with Gasteiger partial charge in [-0.2, -0.15) is 0 Å². The number of amides is 2. The van der Waals surface area contributed by atoms with Crippen LogP contribution < -0.4 is 10.1 Å². The number of furan rings is 1. The summed E-state index contributed by atoms with van der Waals surface area (Å²) in [6, 6.07) is 11.4. The van der Waals surface area contributed by atoms with E-state index in [-0.39, 0.29) is 17.7 Å². The van der Waals surface area contributed by atoms with Gasteiger partial charge in [0.2, 0.25) is 5.91 Å². The molecule has 1 aliphatic heterocycles. The molecule has 6 heteroatoms. The van der Waals surface area contributed by atoms with Crippen molar-refractivity contribution in [3.63, 3.8) is 0 Å². The fourth-order valence-corrected chi connectivity index (χ4v) is 3.34. The highest BCUT2D eigenvalue weighted by atomic mass is 16.5. The Morgan fingerprint density at radius 1 is 1.18 bits per heavy atom. The minimum Gasteiger partial charge on any atom is -0.492 e. The Hall–Kier alpha value is -2.76. The van der Waals surface area contributed by atoms with Crippen LogP contribution in [0.15, 0.2) is 47.1 Å². The molecule has 2 heterocycles. The third kappa shape index (κ3) is 5.15. The lowest BCUT2D eigenvalue weighted by Crippen LogP contribution is -2.43. The molecular weight excluding hydrogens is 356 g/mol. The Bertz CT molecular complexity index is 760. The van der Waals surface area contributed by atoms with Gasteiger partial charge in [0.1, 0.15) is 12.4 Å². The molecule has 0 atom stereocenters. The molecule has 0 bridgehead atoms. The molecule has 2 amide bonds. The number of likely N-dealkylation sites (tertiary alicyclic amines) is 1. The van der Waals surface area contributed by atoms with Crippen molar-refractivity contribution in [1.82, 2.24) is 10.2 Å². The summed E-state index contributed by atoms with van der Waals surface area (Å²) in [6.45, 7) is 6.34. The van der Waals surface area contributed by atoms with Crippen molar-refractivity contribution in [2.45, 2.75) is 32.6 Å². The van der Waals surface area contributed by atoms with E-state index >= 15 is 0 Å². The van der Waals surface area contributed by atoms with E-state index < -0.39 is 0 Å². The number of nitrogens with one attached hydrogen (secondary N) is 1. The molecule has 6 nitrogen and oxygen atoms in total. The molecule has 1 aromatic heterocycles. The Morgan fingerprint density at radius 2 is 1.89 bits per heavy atom. The first kappa shape index (κ1) is 20.0. The summed E-state index contributed by atoms with van der Waals surface area (Å²) < 4.78 is 10.8. The lowest BCUT2D eigenvalue weighted by atomic mass is 9.96. The van der Waals surface area contributed by atoms with Gasteiger partial charge in [0.15, 0.2) is 5.76 Å². The number of ether oxygens (including phenoxy) is 1. The molecule has 1 aliphatic rings. The molecule has 3 rings (SSSR count). The van der Waals surface area contributed by atoms with Gasteiger partial charge >= 0.3 is 0 Å². The van der Waals surface area contributed by atoms with Crippen LogP contribution in [0.4, 0.5) is 0 Å². The monoisotopic (exact) mass is 384 g/mol. The number of hydrogen-bond acceptors (Lipinski definition) is 4. The number of piperidine rings is 1. The van der Waals surface area contributed by atoms with Crippen molar-refractivity contribution in [3.8, 4) is 5.75 Å². The molecule has 0 spiro atoms. The zero-order valence-electron chi connectivity index (χ0n) is 16.5. The summed E-state index contributed by atoms with van der Waals surface area (Å²) in [7, 11) is 0. The molecule has 0 aliphatic carbocycles. The van der Waals surface area contributed by atoms with Crippen molar-refractivity contribution in [1.29, 1.82) is 0 Å². The summed E-state index contributed by atoms with van der Waals surface area (Å²) >= 11 is 0. The third-order valence-corrected chi connectivity index (χ3v) is 5.10. The Morgan fingerprint density at radius 3 is 2.50 bits per heavy atom. The van der Waals surface area contributed by atoms with Crippen LogP contribution in [0, 0.1) is 5.92 Å². The van der Waals surface area contributed by atoms with Gasteiger partial charge in [-0.1, -0.05) is 26.0 Å². The molecule has 28 heavy (non-hydrogen) atoms. The molecule has 0 saturated carbocycles. The number of carbonyl (C=O) groups is 2. The predicted molar refractivity (Wildman–Crippen MR) is 106 cm³/mol. The smallest absolute Gasteiger partial charge is 0.289 e. The van der Waals surface area contributed by atoms with Crippen LogP contribution in [-0.2, 0) is 4.79 Å². The van der Waals surface area contributed by atoms with Crippen molar-refractivity contribution in [3.05, 3.63) is 54.0 Å². The third-order valence-electron chi connectivity index (χ3n) is 5.10. The summed E-state index contributed by atoms with van der Waals surface area (Å²) in [5.41, 5.74) is 1.28. The van der Waals surface area contributed by atoms with E-state index in [4.69, 9.17) is 9.15 Å². The van der Waals surface area contributed by atoms with Crippen LogP contribution in [0.25, 0.3) is 0 Å². The van der Waals surface area contributed by atoms with Crippen LogP contribution in [0.2, 0.25) is 0 Å². The van der Waals surface area contributed by atoms with Crippen molar-refractivity contribution in [2.75, 3.05) is 26.2 Å². The van der Waals surface area contributed by atoms with Crippen LogP contribution in [0.1, 0.15) is 48.7 Å². The highest BCUT2D eigenvalue weighted by molar-refractivity contribution is 5.91. The van der Waals surface area contributed by atoms with Crippen molar-refractivity contribution < 1.29 is 18.7 Å². The summed E-state index contributed by atoms with van der Waals surface area (Å²) in [5.74, 6) is 1.51. The maximum Gasteiger partial charge on any atom is 0.289 e. The Labute approximate surface area is 165 Å². The number of rotatable bonds is 7. The quantitative estimate of drug-likeness (QED) is 0.742. The fraction of sp³-hybridized carbons (Fsp3) is 0.455. The topological polar surface area (TPSA) is 71.8 Å². The second kappa shape index (κ2) is 9.44. The summed E-state index contributed by atoms with van der Waals surface area (Å²) in [6.07, 6.45) is 2.82. The second-order valence-corrected chi connectivity index (χ2v) is 7.41. The average Bonchev–Trinajstić information content (AvgIpc) is 3.26. The molecular formula is C22H28N2O4. The van der Waals surface area contributed by atoms with Crippen LogP contribution in [0.5, 0.6) is 5.75 Å². The molecule has 0 unspecified atom stereocenters. The average molecular weight is 384 g/mol. The summed E-state index contributed by atoms with van der Waals surface area (Å²) in [4.78, 5) is 26.3. The Kier molecular flexibility index (Phi) is 6.74. The second-order valence-electron chi connectivity index (χ2n) is 7.41. The van der Waals surface area contributed by atoms with Crippen LogP contribution in [-0.4, -0.2) is 43.0 Å².